The Morgan fingerprint density at radius 2 is 2.08 bits per heavy atom. The zero-order valence-corrected chi connectivity index (χ0v) is 14.9. The molecule has 26 heavy (non-hydrogen) atoms. The minimum Gasteiger partial charge on any atom is -0.378 e. The summed E-state index contributed by atoms with van der Waals surface area (Å²) in [6.07, 6.45) is 8.55. The van der Waals surface area contributed by atoms with Gasteiger partial charge in [-0.05, 0) is 37.8 Å². The number of pyridine rings is 1. The van der Waals surface area contributed by atoms with Crippen LogP contribution in [0.15, 0.2) is 31.0 Å². The Hall–Kier alpha value is -2.32. The molecule has 0 bridgehead atoms. The number of nitrogens with zero attached hydrogens (tertiary/aromatic N) is 5. The molecular formula is C18H23N5O3. The molecular weight excluding hydrogens is 334 g/mol. The lowest BCUT2D eigenvalue weighted by molar-refractivity contribution is -0.183. The number of ether oxygens (including phenoxy) is 2. The number of amides is 1. The van der Waals surface area contributed by atoms with Crippen LogP contribution in [-0.2, 0) is 9.47 Å². The molecule has 1 amide bonds. The number of piperidine rings is 1. The average molecular weight is 357 g/mol. The molecule has 1 atom stereocenters. The van der Waals surface area contributed by atoms with Crippen LogP contribution in [0.5, 0.6) is 0 Å². The van der Waals surface area contributed by atoms with Gasteiger partial charge in [-0.1, -0.05) is 0 Å². The highest BCUT2D eigenvalue weighted by molar-refractivity contribution is 5.94. The van der Waals surface area contributed by atoms with Crippen LogP contribution in [0.1, 0.15) is 36.0 Å². The molecule has 0 aromatic carbocycles. The van der Waals surface area contributed by atoms with E-state index in [4.69, 9.17) is 9.47 Å². The number of hydrogen-bond donors (Lipinski definition) is 0. The van der Waals surface area contributed by atoms with Crippen LogP contribution in [0.4, 0.5) is 0 Å². The van der Waals surface area contributed by atoms with E-state index in [1.54, 1.807) is 42.7 Å². The molecule has 2 aromatic heterocycles. The molecule has 138 valence electrons. The van der Waals surface area contributed by atoms with Crippen LogP contribution >= 0.6 is 0 Å². The first-order valence-electron chi connectivity index (χ1n) is 8.99. The van der Waals surface area contributed by atoms with Gasteiger partial charge in [-0.2, -0.15) is 0 Å². The summed E-state index contributed by atoms with van der Waals surface area (Å²) in [5.41, 5.74) is 0.378. The highest BCUT2D eigenvalue weighted by atomic mass is 16.5. The van der Waals surface area contributed by atoms with E-state index in [2.05, 4.69) is 15.2 Å². The molecule has 8 nitrogen and oxygen atoms in total. The van der Waals surface area contributed by atoms with E-state index in [9.17, 15) is 4.79 Å². The smallest absolute Gasteiger partial charge is 0.254 e. The number of likely N-dealkylation sites (tertiary alicyclic amines) is 1. The van der Waals surface area contributed by atoms with Gasteiger partial charge in [0.25, 0.3) is 5.91 Å². The van der Waals surface area contributed by atoms with Crippen molar-refractivity contribution in [1.29, 1.82) is 0 Å². The maximum Gasteiger partial charge on any atom is 0.254 e. The second-order valence-corrected chi connectivity index (χ2v) is 6.84. The van der Waals surface area contributed by atoms with Gasteiger partial charge < -0.3 is 14.4 Å². The Morgan fingerprint density at radius 1 is 1.31 bits per heavy atom. The van der Waals surface area contributed by atoms with Crippen LogP contribution in [0.2, 0.25) is 0 Å². The van der Waals surface area contributed by atoms with Crippen molar-refractivity contribution in [3.05, 3.63) is 36.5 Å². The Balaban J connectivity index is 1.46. The van der Waals surface area contributed by atoms with E-state index in [1.165, 1.54) is 0 Å². The number of rotatable bonds is 3. The normalized spacial score (nSPS) is 22.5. The van der Waals surface area contributed by atoms with Crippen LogP contribution < -0.4 is 0 Å². The second kappa shape index (κ2) is 7.13. The third-order valence-corrected chi connectivity index (χ3v) is 5.44. The average Bonchev–Trinajstić information content (AvgIpc) is 3.23. The van der Waals surface area contributed by atoms with Gasteiger partial charge >= 0.3 is 0 Å². The van der Waals surface area contributed by atoms with Crippen molar-refractivity contribution >= 4 is 5.91 Å². The molecule has 4 rings (SSSR count). The van der Waals surface area contributed by atoms with Crippen molar-refractivity contribution in [1.82, 2.24) is 24.6 Å². The van der Waals surface area contributed by atoms with Crippen molar-refractivity contribution in [2.24, 2.45) is 0 Å². The molecule has 1 spiro atoms. The predicted octanol–water partition coefficient (Wildman–Crippen LogP) is 1.46. The largest absolute Gasteiger partial charge is 0.378 e. The van der Waals surface area contributed by atoms with E-state index < -0.39 is 0 Å². The van der Waals surface area contributed by atoms with Crippen LogP contribution in [-0.4, -0.2) is 69.1 Å². The summed E-state index contributed by atoms with van der Waals surface area (Å²) in [4.78, 5) is 19.1. The summed E-state index contributed by atoms with van der Waals surface area (Å²) >= 11 is 0. The molecule has 2 aromatic rings. The predicted molar refractivity (Wildman–Crippen MR) is 93.0 cm³/mol. The quantitative estimate of drug-likeness (QED) is 0.827. The number of carbonyl (C=O) groups is 1. The topological polar surface area (TPSA) is 82.4 Å². The minimum absolute atomic E-state index is 0.0151. The molecule has 4 heterocycles. The first-order valence-corrected chi connectivity index (χ1v) is 8.99. The molecule has 2 aliphatic rings. The number of hydrogen-bond acceptors (Lipinski definition) is 6. The van der Waals surface area contributed by atoms with E-state index in [-0.39, 0.29) is 17.6 Å². The van der Waals surface area contributed by atoms with Crippen molar-refractivity contribution in [2.75, 3.05) is 26.8 Å². The Kier molecular flexibility index (Phi) is 4.69. The van der Waals surface area contributed by atoms with Crippen molar-refractivity contribution in [3.8, 4) is 5.82 Å². The zero-order valence-electron chi connectivity index (χ0n) is 14.9. The van der Waals surface area contributed by atoms with E-state index in [1.807, 2.05) is 4.90 Å². The van der Waals surface area contributed by atoms with E-state index in [0.29, 0.717) is 24.5 Å². The van der Waals surface area contributed by atoms with Crippen molar-refractivity contribution in [2.45, 2.75) is 37.4 Å². The van der Waals surface area contributed by atoms with Gasteiger partial charge in [0.05, 0.1) is 11.7 Å². The number of methoxy groups -OCH3 is 1. The molecule has 0 aliphatic carbocycles. The second-order valence-electron chi connectivity index (χ2n) is 6.84. The minimum atomic E-state index is -0.240. The molecule has 2 aliphatic heterocycles. The number of carbonyl (C=O) groups excluding carboxylic acids is 1. The van der Waals surface area contributed by atoms with Crippen molar-refractivity contribution in [3.63, 3.8) is 0 Å². The highest BCUT2D eigenvalue weighted by Gasteiger charge is 2.45. The first kappa shape index (κ1) is 17.1. The van der Waals surface area contributed by atoms with E-state index in [0.717, 1.165) is 32.3 Å². The molecule has 2 saturated heterocycles. The summed E-state index contributed by atoms with van der Waals surface area (Å²) < 4.78 is 13.5. The molecule has 0 N–H and O–H groups in total. The number of aromatic nitrogens is 4. The molecule has 0 saturated carbocycles. The summed E-state index contributed by atoms with van der Waals surface area (Å²) in [5.74, 6) is 0.644. The van der Waals surface area contributed by atoms with Crippen molar-refractivity contribution < 1.29 is 14.3 Å². The highest BCUT2D eigenvalue weighted by Crippen LogP contribution is 2.37. The maximum absolute atomic E-state index is 12.9. The Morgan fingerprint density at radius 3 is 2.81 bits per heavy atom. The lowest BCUT2D eigenvalue weighted by Crippen LogP contribution is -2.56. The first-order chi connectivity index (χ1) is 12.7. The van der Waals surface area contributed by atoms with Gasteiger partial charge in [-0.15, -0.1) is 10.2 Å². The fourth-order valence-electron chi connectivity index (χ4n) is 3.98. The van der Waals surface area contributed by atoms with E-state index >= 15 is 0 Å². The summed E-state index contributed by atoms with van der Waals surface area (Å²) in [7, 11) is 1.75. The molecule has 0 radical (unpaired) electrons. The standard InChI is InChI=1S/C18H23N5O3/c1-25-15-3-2-10-26-18(15)5-8-22(9-6-18)17(24)14-4-7-19-16(11-14)23-12-20-21-13-23/h4,7,11-13,15H,2-3,5-6,8-10H2,1H3. The van der Waals surface area contributed by atoms with Crippen LogP contribution in [0.3, 0.4) is 0 Å². The molecule has 8 heteroatoms. The van der Waals surface area contributed by atoms with Crippen LogP contribution in [0, 0.1) is 0 Å². The fraction of sp³-hybridized carbons (Fsp3) is 0.556. The Labute approximate surface area is 152 Å². The molecule has 1 unspecified atom stereocenters. The van der Waals surface area contributed by atoms with Gasteiger partial charge in [-0.3, -0.25) is 9.36 Å². The summed E-state index contributed by atoms with van der Waals surface area (Å²) in [6.45, 7) is 2.12. The van der Waals surface area contributed by atoms with Gasteiger partial charge in [0.2, 0.25) is 0 Å². The van der Waals surface area contributed by atoms with Gasteiger partial charge in [0.1, 0.15) is 18.5 Å². The maximum atomic E-state index is 12.9. The zero-order chi connectivity index (χ0) is 18.0. The lowest BCUT2D eigenvalue weighted by Gasteiger charge is -2.48. The monoisotopic (exact) mass is 357 g/mol. The molecule has 2 fully saturated rings. The SMILES string of the molecule is COC1CCCOC12CCN(C(=O)c1ccnc(-n3cnnc3)c1)CC2. The van der Waals surface area contributed by atoms with Gasteiger partial charge in [0.15, 0.2) is 0 Å². The van der Waals surface area contributed by atoms with Crippen LogP contribution in [0.25, 0.3) is 5.82 Å². The third-order valence-electron chi connectivity index (χ3n) is 5.44. The Bertz CT molecular complexity index is 756. The lowest BCUT2D eigenvalue weighted by atomic mass is 9.81. The summed E-state index contributed by atoms with van der Waals surface area (Å²) in [6, 6.07) is 3.51. The van der Waals surface area contributed by atoms with Gasteiger partial charge in [0, 0.05) is 38.6 Å². The third kappa shape index (κ3) is 3.10. The fourth-order valence-corrected chi connectivity index (χ4v) is 3.98. The summed E-state index contributed by atoms with van der Waals surface area (Å²) in [5, 5.41) is 7.56. The van der Waals surface area contributed by atoms with Gasteiger partial charge in [-0.25, -0.2) is 4.98 Å².